The molecule has 1 saturated heterocycles. The molecule has 1 fully saturated rings. The van der Waals surface area contributed by atoms with Crippen LogP contribution in [0.2, 0.25) is 0 Å². The third-order valence-corrected chi connectivity index (χ3v) is 3.32. The van der Waals surface area contributed by atoms with Gasteiger partial charge in [-0.1, -0.05) is 30.7 Å². The van der Waals surface area contributed by atoms with Crippen molar-refractivity contribution in [3.05, 3.63) is 23.8 Å². The predicted molar refractivity (Wildman–Crippen MR) is 74.1 cm³/mol. The Bertz CT molecular complexity index is 279. The maximum absolute atomic E-state index is 9.88. The van der Waals surface area contributed by atoms with Crippen LogP contribution in [0.1, 0.15) is 46.5 Å². The van der Waals surface area contributed by atoms with E-state index in [0.29, 0.717) is 0 Å². The summed E-state index contributed by atoms with van der Waals surface area (Å²) < 4.78 is 0. The topological polar surface area (TPSA) is 23.5 Å². The molecule has 17 heavy (non-hydrogen) atoms. The van der Waals surface area contributed by atoms with Crippen LogP contribution in [-0.2, 0) is 0 Å². The van der Waals surface area contributed by atoms with Gasteiger partial charge in [-0.15, -0.1) is 0 Å². The van der Waals surface area contributed by atoms with Gasteiger partial charge >= 0.3 is 0 Å². The second-order valence-corrected chi connectivity index (χ2v) is 5.31. The maximum Gasteiger partial charge on any atom is 0.0758 e. The number of likely N-dealkylation sites (tertiary alicyclic amines) is 1. The molecule has 1 aliphatic rings. The first-order valence-electron chi connectivity index (χ1n) is 6.84. The minimum absolute atomic E-state index is 0.453. The minimum atomic E-state index is -0.453. The van der Waals surface area contributed by atoms with Crippen molar-refractivity contribution in [1.82, 2.24) is 4.90 Å². The van der Waals surface area contributed by atoms with Crippen molar-refractivity contribution in [2.75, 3.05) is 19.6 Å². The molecule has 0 aromatic rings. The monoisotopic (exact) mass is 237 g/mol. The van der Waals surface area contributed by atoms with E-state index in [9.17, 15) is 5.11 Å². The van der Waals surface area contributed by atoms with Crippen molar-refractivity contribution in [2.24, 2.45) is 0 Å². The Balaban J connectivity index is 2.25. The first-order valence-corrected chi connectivity index (χ1v) is 6.84. The van der Waals surface area contributed by atoms with Crippen LogP contribution in [0, 0.1) is 0 Å². The molecular formula is C15H27NO. The van der Waals surface area contributed by atoms with Gasteiger partial charge in [-0.05, 0) is 46.1 Å². The minimum Gasteiger partial charge on any atom is -0.389 e. The molecule has 1 N–H and O–H groups in total. The van der Waals surface area contributed by atoms with E-state index < -0.39 is 5.60 Å². The van der Waals surface area contributed by atoms with E-state index in [2.05, 4.69) is 37.0 Å². The Morgan fingerprint density at radius 2 is 2.24 bits per heavy atom. The normalized spacial score (nSPS) is 27.2. The van der Waals surface area contributed by atoms with Crippen LogP contribution in [0.4, 0.5) is 0 Å². The summed E-state index contributed by atoms with van der Waals surface area (Å²) in [4.78, 5) is 2.37. The highest BCUT2D eigenvalue weighted by atomic mass is 16.3. The Morgan fingerprint density at radius 1 is 1.47 bits per heavy atom. The number of hydrogen-bond donors (Lipinski definition) is 1. The van der Waals surface area contributed by atoms with Gasteiger partial charge in [0, 0.05) is 13.1 Å². The smallest absolute Gasteiger partial charge is 0.0758 e. The summed E-state index contributed by atoms with van der Waals surface area (Å²) in [5.41, 5.74) is 0.992. The van der Waals surface area contributed by atoms with Crippen LogP contribution < -0.4 is 0 Å². The van der Waals surface area contributed by atoms with Gasteiger partial charge in [-0.2, -0.15) is 0 Å². The second kappa shape index (κ2) is 6.97. The van der Waals surface area contributed by atoms with Gasteiger partial charge < -0.3 is 10.0 Å². The Morgan fingerprint density at radius 3 is 2.76 bits per heavy atom. The fourth-order valence-corrected chi connectivity index (χ4v) is 2.47. The van der Waals surface area contributed by atoms with E-state index in [1.807, 2.05) is 6.92 Å². The van der Waals surface area contributed by atoms with E-state index in [1.54, 1.807) is 0 Å². The lowest BCUT2D eigenvalue weighted by atomic mass is 10.1. The fourth-order valence-electron chi connectivity index (χ4n) is 2.47. The molecule has 0 bridgehead atoms. The summed E-state index contributed by atoms with van der Waals surface area (Å²) in [6.07, 6.45) is 11.0. The van der Waals surface area contributed by atoms with Crippen LogP contribution in [0.25, 0.3) is 0 Å². The molecule has 1 heterocycles. The lowest BCUT2D eigenvalue weighted by Gasteiger charge is -2.18. The van der Waals surface area contributed by atoms with Crippen LogP contribution >= 0.6 is 0 Å². The fraction of sp³-hybridized carbons (Fsp3) is 0.733. The molecule has 0 aromatic heterocycles. The molecule has 1 aliphatic heterocycles. The molecule has 0 aromatic carbocycles. The lowest BCUT2D eigenvalue weighted by molar-refractivity contribution is 0.0687. The van der Waals surface area contributed by atoms with Gasteiger partial charge in [-0.25, -0.2) is 0 Å². The van der Waals surface area contributed by atoms with Crippen molar-refractivity contribution in [3.8, 4) is 0 Å². The predicted octanol–water partition coefficient (Wildman–Crippen LogP) is 3.14. The Kier molecular flexibility index (Phi) is 5.93. The quantitative estimate of drug-likeness (QED) is 0.717. The lowest BCUT2D eigenvalue weighted by Crippen LogP contribution is -2.30. The average Bonchev–Trinajstić information content (AvgIpc) is 2.59. The van der Waals surface area contributed by atoms with E-state index in [-0.39, 0.29) is 0 Å². The summed E-state index contributed by atoms with van der Waals surface area (Å²) in [5.74, 6) is 0. The van der Waals surface area contributed by atoms with Gasteiger partial charge in [-0.3, -0.25) is 0 Å². The van der Waals surface area contributed by atoms with Gasteiger partial charge in [0.15, 0.2) is 0 Å². The van der Waals surface area contributed by atoms with Crippen LogP contribution in [0.5, 0.6) is 0 Å². The zero-order chi connectivity index (χ0) is 12.7. The van der Waals surface area contributed by atoms with Gasteiger partial charge in [0.2, 0.25) is 0 Å². The molecule has 0 radical (unpaired) electrons. The van der Waals surface area contributed by atoms with Crippen LogP contribution in [0.3, 0.4) is 0 Å². The van der Waals surface area contributed by atoms with E-state index in [1.165, 1.54) is 12.0 Å². The third-order valence-electron chi connectivity index (χ3n) is 3.32. The van der Waals surface area contributed by atoms with Crippen molar-refractivity contribution in [3.63, 3.8) is 0 Å². The number of hydrogen-bond acceptors (Lipinski definition) is 2. The van der Waals surface area contributed by atoms with Crippen molar-refractivity contribution in [1.29, 1.82) is 0 Å². The second-order valence-electron chi connectivity index (χ2n) is 5.31. The Labute approximate surface area is 106 Å². The molecule has 1 unspecified atom stereocenters. The molecule has 0 spiro atoms. The van der Waals surface area contributed by atoms with Gasteiger partial charge in [0.25, 0.3) is 0 Å². The highest BCUT2D eigenvalue weighted by molar-refractivity contribution is 5.17. The molecule has 98 valence electrons. The molecule has 1 atom stereocenters. The SMILES string of the molecule is C/C=C\C(=C/CC)CCCN1CCC(C)(O)C1. The van der Waals surface area contributed by atoms with Gasteiger partial charge in [0.05, 0.1) is 5.60 Å². The molecule has 1 rings (SSSR count). The van der Waals surface area contributed by atoms with E-state index in [0.717, 1.165) is 38.9 Å². The van der Waals surface area contributed by atoms with Crippen molar-refractivity contribution < 1.29 is 5.11 Å². The van der Waals surface area contributed by atoms with Crippen LogP contribution in [0.15, 0.2) is 23.8 Å². The first-order chi connectivity index (χ1) is 8.07. The molecular weight excluding hydrogens is 210 g/mol. The maximum atomic E-state index is 9.88. The highest BCUT2D eigenvalue weighted by Crippen LogP contribution is 2.20. The first kappa shape index (κ1) is 14.5. The Hall–Kier alpha value is -0.600. The van der Waals surface area contributed by atoms with Crippen LogP contribution in [-0.4, -0.2) is 35.2 Å². The number of rotatable bonds is 6. The molecule has 2 nitrogen and oxygen atoms in total. The standard InChI is InChI=1S/C15H27NO/c1-4-7-14(8-5-2)9-6-11-16-12-10-15(3,17)13-16/h4,7-8,17H,5-6,9-13H2,1-3H3/b7-4-,14-8+. The zero-order valence-corrected chi connectivity index (χ0v) is 11.6. The summed E-state index contributed by atoms with van der Waals surface area (Å²) >= 11 is 0. The number of nitrogens with zero attached hydrogens (tertiary/aromatic N) is 1. The highest BCUT2D eigenvalue weighted by Gasteiger charge is 2.30. The summed E-state index contributed by atoms with van der Waals surface area (Å²) in [6, 6.07) is 0. The largest absolute Gasteiger partial charge is 0.389 e. The van der Waals surface area contributed by atoms with E-state index in [4.69, 9.17) is 0 Å². The zero-order valence-electron chi connectivity index (χ0n) is 11.6. The third kappa shape index (κ3) is 5.51. The summed E-state index contributed by atoms with van der Waals surface area (Å²) in [6.45, 7) is 9.18. The van der Waals surface area contributed by atoms with Gasteiger partial charge in [0.1, 0.15) is 0 Å². The molecule has 0 aliphatic carbocycles. The van der Waals surface area contributed by atoms with Crippen molar-refractivity contribution >= 4 is 0 Å². The molecule has 0 amide bonds. The number of allylic oxidation sites excluding steroid dienone is 4. The average molecular weight is 237 g/mol. The van der Waals surface area contributed by atoms with Crippen molar-refractivity contribution in [2.45, 2.75) is 52.1 Å². The summed E-state index contributed by atoms with van der Waals surface area (Å²) in [7, 11) is 0. The van der Waals surface area contributed by atoms with E-state index >= 15 is 0 Å². The summed E-state index contributed by atoms with van der Waals surface area (Å²) in [5, 5.41) is 9.88. The number of β-amino-alcohol motifs (C(OH)–C–C–N with tert-alkyl or cyclic N) is 1. The molecule has 0 saturated carbocycles. The number of aliphatic hydroxyl groups is 1. The molecule has 2 heteroatoms.